The number of ketones is 1. The van der Waals surface area contributed by atoms with Crippen molar-refractivity contribution in [1.29, 1.82) is 0 Å². The highest BCUT2D eigenvalue weighted by atomic mass is 16.5. The fraction of sp³-hybridized carbons (Fsp3) is 0.556. The van der Waals surface area contributed by atoms with Gasteiger partial charge in [0.2, 0.25) is 0 Å². The van der Waals surface area contributed by atoms with Crippen LogP contribution in [0.5, 0.6) is 0 Å². The molecule has 0 aliphatic carbocycles. The summed E-state index contributed by atoms with van der Waals surface area (Å²) in [6.07, 6.45) is 2.17. The Morgan fingerprint density at radius 2 is 2.46 bits per heavy atom. The molecule has 0 aromatic carbocycles. The van der Waals surface area contributed by atoms with Gasteiger partial charge in [0.25, 0.3) is 0 Å². The number of ether oxygens (including phenoxy) is 1. The third-order valence-electron chi connectivity index (χ3n) is 1.68. The first-order chi connectivity index (χ1) is 6.24. The number of hydrogen-bond donors (Lipinski definition) is 0. The molecule has 0 atom stereocenters. The second kappa shape index (κ2) is 4.77. The summed E-state index contributed by atoms with van der Waals surface area (Å²) in [6.45, 7) is 3.03. The van der Waals surface area contributed by atoms with Crippen molar-refractivity contribution in [3.63, 3.8) is 0 Å². The molecule has 0 N–H and O–H groups in total. The van der Waals surface area contributed by atoms with Gasteiger partial charge in [-0.05, 0) is 13.0 Å². The van der Waals surface area contributed by atoms with Gasteiger partial charge in [-0.1, -0.05) is 0 Å². The number of carbonyl (C=O) groups excluding carboxylic acids is 1. The van der Waals surface area contributed by atoms with Gasteiger partial charge in [0.05, 0.1) is 6.61 Å². The molecule has 0 fully saturated rings. The number of rotatable bonds is 5. The number of aromatic nitrogens is 2. The molecule has 1 aromatic rings. The van der Waals surface area contributed by atoms with Gasteiger partial charge >= 0.3 is 0 Å². The van der Waals surface area contributed by atoms with Crippen molar-refractivity contribution in [2.75, 3.05) is 13.2 Å². The standard InChI is InChI=1S/C9H14N2O2/c1-3-13-7-5-9(12)8-4-6-11(2)10-8/h4,6H,3,5,7H2,1-2H3. The molecule has 0 aliphatic rings. The molecule has 0 radical (unpaired) electrons. The van der Waals surface area contributed by atoms with E-state index in [2.05, 4.69) is 5.10 Å². The molecule has 0 saturated heterocycles. The molecule has 0 bridgehead atoms. The quantitative estimate of drug-likeness (QED) is 0.504. The number of Topliss-reactive ketones (excluding diaryl/α,β-unsaturated/α-hetero) is 1. The van der Waals surface area contributed by atoms with Crippen LogP contribution in [-0.4, -0.2) is 28.8 Å². The fourth-order valence-corrected chi connectivity index (χ4v) is 1.00. The first kappa shape index (κ1) is 9.92. The van der Waals surface area contributed by atoms with E-state index in [0.29, 0.717) is 25.3 Å². The smallest absolute Gasteiger partial charge is 0.185 e. The predicted molar refractivity (Wildman–Crippen MR) is 48.6 cm³/mol. The maximum absolute atomic E-state index is 11.4. The van der Waals surface area contributed by atoms with Crippen LogP contribution in [0.25, 0.3) is 0 Å². The van der Waals surface area contributed by atoms with E-state index in [1.807, 2.05) is 6.92 Å². The zero-order valence-corrected chi connectivity index (χ0v) is 7.99. The van der Waals surface area contributed by atoms with Crippen LogP contribution in [0.1, 0.15) is 23.8 Å². The molecular weight excluding hydrogens is 168 g/mol. The van der Waals surface area contributed by atoms with Gasteiger partial charge in [0, 0.05) is 26.3 Å². The molecule has 0 amide bonds. The minimum atomic E-state index is 0.0362. The van der Waals surface area contributed by atoms with E-state index in [1.165, 1.54) is 0 Å². The van der Waals surface area contributed by atoms with Crippen LogP contribution in [0.15, 0.2) is 12.3 Å². The van der Waals surface area contributed by atoms with Crippen LogP contribution in [-0.2, 0) is 11.8 Å². The number of aryl methyl sites for hydroxylation is 1. The molecule has 0 aliphatic heterocycles. The van der Waals surface area contributed by atoms with Crippen molar-refractivity contribution in [1.82, 2.24) is 9.78 Å². The lowest BCUT2D eigenvalue weighted by Gasteiger charge is -1.97. The van der Waals surface area contributed by atoms with Gasteiger partial charge in [0.15, 0.2) is 5.78 Å². The van der Waals surface area contributed by atoms with Gasteiger partial charge in [-0.15, -0.1) is 0 Å². The van der Waals surface area contributed by atoms with Crippen molar-refractivity contribution in [3.8, 4) is 0 Å². The van der Waals surface area contributed by atoms with Crippen molar-refractivity contribution in [3.05, 3.63) is 18.0 Å². The van der Waals surface area contributed by atoms with E-state index in [4.69, 9.17) is 4.74 Å². The van der Waals surface area contributed by atoms with Gasteiger partial charge in [-0.3, -0.25) is 9.48 Å². The Hall–Kier alpha value is -1.16. The maximum atomic E-state index is 11.4. The van der Waals surface area contributed by atoms with Crippen molar-refractivity contribution in [2.45, 2.75) is 13.3 Å². The van der Waals surface area contributed by atoms with Gasteiger partial charge in [0.1, 0.15) is 5.69 Å². The maximum Gasteiger partial charge on any atom is 0.185 e. The average molecular weight is 182 g/mol. The Morgan fingerprint density at radius 3 is 3.00 bits per heavy atom. The van der Waals surface area contributed by atoms with E-state index >= 15 is 0 Å². The summed E-state index contributed by atoms with van der Waals surface area (Å²) in [5.74, 6) is 0.0362. The van der Waals surface area contributed by atoms with E-state index in [9.17, 15) is 4.79 Å². The zero-order valence-electron chi connectivity index (χ0n) is 7.99. The summed E-state index contributed by atoms with van der Waals surface area (Å²) in [6, 6.07) is 1.72. The van der Waals surface area contributed by atoms with Crippen LogP contribution in [0, 0.1) is 0 Å². The summed E-state index contributed by atoms with van der Waals surface area (Å²) in [5.41, 5.74) is 0.516. The fourth-order valence-electron chi connectivity index (χ4n) is 1.00. The largest absolute Gasteiger partial charge is 0.381 e. The highest BCUT2D eigenvalue weighted by Crippen LogP contribution is 1.99. The lowest BCUT2D eigenvalue weighted by atomic mass is 10.2. The first-order valence-electron chi connectivity index (χ1n) is 4.34. The van der Waals surface area contributed by atoms with E-state index in [0.717, 1.165) is 0 Å². The Balaban J connectivity index is 2.40. The van der Waals surface area contributed by atoms with Gasteiger partial charge in [-0.2, -0.15) is 5.10 Å². The van der Waals surface area contributed by atoms with Crippen molar-refractivity contribution in [2.24, 2.45) is 7.05 Å². The molecule has 4 nitrogen and oxygen atoms in total. The van der Waals surface area contributed by atoms with Gasteiger partial charge < -0.3 is 4.74 Å². The molecule has 0 spiro atoms. The van der Waals surface area contributed by atoms with E-state index in [-0.39, 0.29) is 5.78 Å². The molecule has 1 heterocycles. The van der Waals surface area contributed by atoms with Crippen LogP contribution in [0.4, 0.5) is 0 Å². The normalized spacial score (nSPS) is 10.3. The molecule has 13 heavy (non-hydrogen) atoms. The SMILES string of the molecule is CCOCCC(=O)c1ccn(C)n1. The molecular formula is C9H14N2O2. The molecule has 1 rings (SSSR count). The van der Waals surface area contributed by atoms with Crippen LogP contribution in [0.3, 0.4) is 0 Å². The van der Waals surface area contributed by atoms with Crippen molar-refractivity contribution < 1.29 is 9.53 Å². The monoisotopic (exact) mass is 182 g/mol. The topological polar surface area (TPSA) is 44.1 Å². The Bertz CT molecular complexity index is 281. The number of hydrogen-bond acceptors (Lipinski definition) is 3. The average Bonchev–Trinajstić information content (AvgIpc) is 2.52. The van der Waals surface area contributed by atoms with Gasteiger partial charge in [-0.25, -0.2) is 0 Å². The molecule has 72 valence electrons. The Labute approximate surface area is 77.5 Å². The number of carbonyl (C=O) groups is 1. The van der Waals surface area contributed by atoms with E-state index in [1.54, 1.807) is 24.0 Å². The highest BCUT2D eigenvalue weighted by molar-refractivity contribution is 5.94. The first-order valence-corrected chi connectivity index (χ1v) is 4.34. The summed E-state index contributed by atoms with van der Waals surface area (Å²) >= 11 is 0. The van der Waals surface area contributed by atoms with Crippen LogP contribution < -0.4 is 0 Å². The van der Waals surface area contributed by atoms with Crippen LogP contribution in [0.2, 0.25) is 0 Å². The Kier molecular flexibility index (Phi) is 3.64. The van der Waals surface area contributed by atoms with Crippen molar-refractivity contribution >= 4 is 5.78 Å². The summed E-state index contributed by atoms with van der Waals surface area (Å²) in [4.78, 5) is 11.4. The minimum Gasteiger partial charge on any atom is -0.381 e. The third-order valence-corrected chi connectivity index (χ3v) is 1.68. The predicted octanol–water partition coefficient (Wildman–Crippen LogP) is 1.03. The Morgan fingerprint density at radius 1 is 1.69 bits per heavy atom. The van der Waals surface area contributed by atoms with Crippen LogP contribution >= 0.6 is 0 Å². The number of nitrogens with zero attached hydrogens (tertiary/aromatic N) is 2. The second-order valence-corrected chi connectivity index (χ2v) is 2.74. The molecule has 0 saturated carbocycles. The summed E-state index contributed by atoms with van der Waals surface area (Å²) in [5, 5.41) is 4.00. The summed E-state index contributed by atoms with van der Waals surface area (Å²) in [7, 11) is 1.79. The zero-order chi connectivity index (χ0) is 9.68. The lowest BCUT2D eigenvalue weighted by molar-refractivity contribution is 0.0890. The highest BCUT2D eigenvalue weighted by Gasteiger charge is 2.07. The third kappa shape index (κ3) is 2.99. The molecule has 4 heteroatoms. The minimum absolute atomic E-state index is 0.0362. The lowest BCUT2D eigenvalue weighted by Crippen LogP contribution is -2.06. The molecule has 0 unspecified atom stereocenters. The summed E-state index contributed by atoms with van der Waals surface area (Å²) < 4.78 is 6.70. The molecule has 1 aromatic heterocycles. The second-order valence-electron chi connectivity index (χ2n) is 2.74. The van der Waals surface area contributed by atoms with E-state index < -0.39 is 0 Å².